The van der Waals surface area contributed by atoms with Gasteiger partial charge in [0.05, 0.1) is 0 Å². The molecule has 9 heteroatoms. The van der Waals surface area contributed by atoms with Gasteiger partial charge in [-0.2, -0.15) is 0 Å². The molecule has 1 heterocycles. The van der Waals surface area contributed by atoms with Crippen LogP contribution in [0.1, 0.15) is 44.6 Å². The molecular formula is C14H20BrN5O3. The highest BCUT2D eigenvalue weighted by Gasteiger charge is 2.19. The summed E-state index contributed by atoms with van der Waals surface area (Å²) in [5, 5.41) is 2.79. The number of hydrogen-bond donors (Lipinski definition) is 3. The highest BCUT2D eigenvalue weighted by molar-refractivity contribution is 9.10. The molecular weight excluding hydrogens is 366 g/mol. The smallest absolute Gasteiger partial charge is 0.365 e. The first-order valence-corrected chi connectivity index (χ1v) is 7.66. The van der Waals surface area contributed by atoms with Crippen LogP contribution in [0.3, 0.4) is 0 Å². The van der Waals surface area contributed by atoms with Crippen molar-refractivity contribution in [2.45, 2.75) is 39.7 Å². The number of aromatic nitrogens is 2. The fourth-order valence-electron chi connectivity index (χ4n) is 1.46. The largest absolute Gasteiger partial charge is 0.426 e. The van der Waals surface area contributed by atoms with Crippen molar-refractivity contribution in [2.75, 3.05) is 11.5 Å². The number of allylic oxidation sites excluding steroid dienone is 1. The Balaban J connectivity index is 2.83. The molecule has 0 aliphatic heterocycles. The summed E-state index contributed by atoms with van der Waals surface area (Å²) in [6, 6.07) is 0. The number of nitrogens with one attached hydrogen (secondary N) is 1. The molecule has 126 valence electrons. The van der Waals surface area contributed by atoms with E-state index in [9.17, 15) is 9.59 Å². The minimum absolute atomic E-state index is 0.0625. The highest BCUT2D eigenvalue weighted by atomic mass is 79.9. The number of ether oxygens (including phenoxy) is 1. The normalized spacial score (nSPS) is 12.0. The molecule has 1 amide bonds. The topological polar surface area (TPSA) is 133 Å². The van der Waals surface area contributed by atoms with E-state index in [0.29, 0.717) is 0 Å². The van der Waals surface area contributed by atoms with Gasteiger partial charge in [0.15, 0.2) is 17.3 Å². The molecule has 0 saturated carbocycles. The maximum Gasteiger partial charge on any atom is 0.365 e. The SMILES string of the molecule is CCC(C)(C)NC(=O)C=C(C)OC(=O)c1nc(Br)c(N)nc1N. The lowest BCUT2D eigenvalue weighted by Gasteiger charge is -2.23. The molecule has 5 N–H and O–H groups in total. The minimum Gasteiger partial charge on any atom is -0.426 e. The predicted octanol–water partition coefficient (Wildman–Crippen LogP) is 1.77. The van der Waals surface area contributed by atoms with E-state index in [1.165, 1.54) is 13.0 Å². The zero-order valence-corrected chi connectivity index (χ0v) is 15.0. The molecule has 8 nitrogen and oxygen atoms in total. The zero-order valence-electron chi connectivity index (χ0n) is 13.4. The Morgan fingerprint density at radius 2 is 1.91 bits per heavy atom. The molecule has 0 spiro atoms. The van der Waals surface area contributed by atoms with Gasteiger partial charge in [-0.05, 0) is 43.1 Å². The third-order valence-electron chi connectivity index (χ3n) is 3.03. The van der Waals surface area contributed by atoms with Crippen molar-refractivity contribution in [2.24, 2.45) is 0 Å². The minimum atomic E-state index is -0.827. The number of esters is 1. The van der Waals surface area contributed by atoms with Crippen molar-refractivity contribution >= 4 is 39.4 Å². The van der Waals surface area contributed by atoms with Crippen molar-refractivity contribution < 1.29 is 14.3 Å². The quantitative estimate of drug-likeness (QED) is 0.399. The number of carbonyl (C=O) groups is 2. The lowest BCUT2D eigenvalue weighted by molar-refractivity contribution is -0.118. The number of amides is 1. The van der Waals surface area contributed by atoms with Crippen LogP contribution in [0.4, 0.5) is 11.6 Å². The van der Waals surface area contributed by atoms with Gasteiger partial charge >= 0.3 is 5.97 Å². The maximum atomic E-state index is 12.0. The molecule has 1 aromatic heterocycles. The van der Waals surface area contributed by atoms with Crippen LogP contribution in [-0.2, 0) is 9.53 Å². The third kappa shape index (κ3) is 5.51. The monoisotopic (exact) mass is 385 g/mol. The van der Waals surface area contributed by atoms with Crippen molar-refractivity contribution in [1.29, 1.82) is 0 Å². The number of carbonyl (C=O) groups excluding carboxylic acids is 2. The molecule has 23 heavy (non-hydrogen) atoms. The van der Waals surface area contributed by atoms with E-state index in [4.69, 9.17) is 16.2 Å². The van der Waals surface area contributed by atoms with Crippen LogP contribution < -0.4 is 16.8 Å². The fraction of sp³-hybridized carbons (Fsp3) is 0.429. The molecule has 0 unspecified atom stereocenters. The summed E-state index contributed by atoms with van der Waals surface area (Å²) >= 11 is 3.06. The van der Waals surface area contributed by atoms with E-state index in [-0.39, 0.29) is 39.1 Å². The second-order valence-corrected chi connectivity index (χ2v) is 6.26. The molecule has 0 aromatic carbocycles. The van der Waals surface area contributed by atoms with Crippen molar-refractivity contribution in [1.82, 2.24) is 15.3 Å². The summed E-state index contributed by atoms with van der Waals surface area (Å²) < 4.78 is 5.23. The van der Waals surface area contributed by atoms with Gasteiger partial charge in [0.25, 0.3) is 0 Å². The Morgan fingerprint density at radius 1 is 1.30 bits per heavy atom. The number of nitrogens with two attached hydrogens (primary N) is 2. The average Bonchev–Trinajstić information content (AvgIpc) is 2.41. The molecule has 0 aliphatic rings. The van der Waals surface area contributed by atoms with Crippen molar-refractivity contribution in [3.63, 3.8) is 0 Å². The Hall–Kier alpha value is -2.16. The Kier molecular flexibility index (Phi) is 6.08. The van der Waals surface area contributed by atoms with E-state index < -0.39 is 5.97 Å². The number of rotatable bonds is 5. The highest BCUT2D eigenvalue weighted by Crippen LogP contribution is 2.19. The van der Waals surface area contributed by atoms with Gasteiger partial charge in [-0.15, -0.1) is 0 Å². The number of halogens is 1. The third-order valence-corrected chi connectivity index (χ3v) is 3.62. The van der Waals surface area contributed by atoms with Crippen LogP contribution in [0.15, 0.2) is 16.4 Å². The van der Waals surface area contributed by atoms with Crippen LogP contribution >= 0.6 is 15.9 Å². The van der Waals surface area contributed by atoms with Crippen LogP contribution in [0.25, 0.3) is 0 Å². The summed E-state index contributed by atoms with van der Waals surface area (Å²) in [6.07, 6.45) is 1.95. The number of anilines is 2. The number of nitrogens with zero attached hydrogens (tertiary/aromatic N) is 2. The van der Waals surface area contributed by atoms with Crippen LogP contribution in [-0.4, -0.2) is 27.4 Å². The predicted molar refractivity (Wildman–Crippen MR) is 90.2 cm³/mol. The average molecular weight is 386 g/mol. The Morgan fingerprint density at radius 3 is 2.48 bits per heavy atom. The standard InChI is InChI=1S/C14H20BrN5O3/c1-5-14(3,4)20-8(21)6-7(2)23-13(22)9-11(16)19-12(17)10(15)18-9/h6H,5H2,1-4H3,(H,20,21)(H4,16,17,19). The van der Waals surface area contributed by atoms with E-state index in [1.54, 1.807) is 0 Å². The summed E-state index contributed by atoms with van der Waals surface area (Å²) in [5.74, 6) is -1.17. The summed E-state index contributed by atoms with van der Waals surface area (Å²) in [4.78, 5) is 31.5. The van der Waals surface area contributed by atoms with Crippen LogP contribution in [0.2, 0.25) is 0 Å². The van der Waals surface area contributed by atoms with Gasteiger partial charge in [-0.1, -0.05) is 6.92 Å². The molecule has 0 atom stereocenters. The lowest BCUT2D eigenvalue weighted by Crippen LogP contribution is -2.42. The van der Waals surface area contributed by atoms with E-state index in [1.807, 2.05) is 20.8 Å². The van der Waals surface area contributed by atoms with Gasteiger partial charge in [-0.3, -0.25) is 4.79 Å². The van der Waals surface area contributed by atoms with E-state index in [0.717, 1.165) is 6.42 Å². The lowest BCUT2D eigenvalue weighted by atomic mass is 10.0. The van der Waals surface area contributed by atoms with Gasteiger partial charge < -0.3 is 21.5 Å². The van der Waals surface area contributed by atoms with Crippen molar-refractivity contribution in [3.8, 4) is 0 Å². The van der Waals surface area contributed by atoms with Crippen LogP contribution in [0.5, 0.6) is 0 Å². The number of nitrogen functional groups attached to an aromatic ring is 2. The molecule has 0 radical (unpaired) electrons. The van der Waals surface area contributed by atoms with Gasteiger partial charge in [0.2, 0.25) is 5.91 Å². The first-order valence-electron chi connectivity index (χ1n) is 6.87. The molecule has 0 aliphatic carbocycles. The molecule has 0 bridgehead atoms. The van der Waals surface area contributed by atoms with Gasteiger partial charge in [-0.25, -0.2) is 14.8 Å². The second kappa shape index (κ2) is 7.40. The fourth-order valence-corrected chi connectivity index (χ4v) is 1.72. The van der Waals surface area contributed by atoms with Gasteiger partial charge in [0.1, 0.15) is 10.4 Å². The summed E-state index contributed by atoms with van der Waals surface area (Å²) in [6.45, 7) is 7.22. The Labute approximate surface area is 142 Å². The maximum absolute atomic E-state index is 12.0. The Bertz CT molecular complexity index is 658. The first kappa shape index (κ1) is 18.9. The number of hydrogen-bond acceptors (Lipinski definition) is 7. The van der Waals surface area contributed by atoms with Crippen molar-refractivity contribution in [3.05, 3.63) is 22.1 Å². The summed E-state index contributed by atoms with van der Waals surface area (Å²) in [5.41, 5.74) is 10.6. The van der Waals surface area contributed by atoms with E-state index >= 15 is 0 Å². The zero-order chi connectivity index (χ0) is 17.8. The van der Waals surface area contributed by atoms with Gasteiger partial charge in [0, 0.05) is 11.6 Å². The van der Waals surface area contributed by atoms with Crippen LogP contribution in [0, 0.1) is 0 Å². The molecule has 1 rings (SSSR count). The molecule has 0 fully saturated rings. The molecule has 0 saturated heterocycles. The first-order chi connectivity index (χ1) is 10.6. The summed E-state index contributed by atoms with van der Waals surface area (Å²) in [7, 11) is 0. The molecule has 1 aromatic rings. The van der Waals surface area contributed by atoms with E-state index in [2.05, 4.69) is 31.2 Å². The second-order valence-electron chi connectivity index (χ2n) is 5.50.